The molecule has 0 saturated carbocycles. The zero-order valence-corrected chi connectivity index (χ0v) is 5.37. The fourth-order valence-corrected chi connectivity index (χ4v) is 0.933. The molecule has 0 atom stereocenters. The average Bonchev–Trinajstić information content (AvgIpc) is 2.05. The van der Waals surface area contributed by atoms with Crippen LogP contribution < -0.4 is 4.74 Å². The van der Waals surface area contributed by atoms with Crippen molar-refractivity contribution in [3.8, 4) is 5.75 Å². The Balaban J connectivity index is 2.47. The first-order chi connectivity index (χ1) is 4.97. The van der Waals surface area contributed by atoms with Crippen molar-refractivity contribution in [1.29, 1.82) is 0 Å². The lowest BCUT2D eigenvalue weighted by Gasteiger charge is -2.07. The van der Waals surface area contributed by atoms with Crippen LogP contribution >= 0.6 is 0 Å². The molecule has 0 unspecified atom stereocenters. The summed E-state index contributed by atoms with van der Waals surface area (Å²) < 4.78 is 5.01. The van der Waals surface area contributed by atoms with E-state index in [0.717, 1.165) is 11.3 Å². The number of hydrogen-bond acceptors (Lipinski definition) is 2. The van der Waals surface area contributed by atoms with Gasteiger partial charge in [0.2, 0.25) is 0 Å². The molecule has 0 aliphatic carbocycles. The van der Waals surface area contributed by atoms with E-state index in [9.17, 15) is 0 Å². The van der Waals surface area contributed by atoms with Crippen molar-refractivity contribution >= 4 is 6.40 Å². The Hall–Kier alpha value is -1.31. The van der Waals surface area contributed by atoms with Gasteiger partial charge in [-0.25, -0.2) is 4.99 Å². The molecular weight excluding hydrogens is 126 g/mol. The Kier molecular flexibility index (Phi) is 1.17. The van der Waals surface area contributed by atoms with Crippen LogP contribution in [0.1, 0.15) is 5.56 Å². The number of nitrogens with zero attached hydrogens (tertiary/aromatic N) is 1. The Morgan fingerprint density at radius 3 is 3.20 bits per heavy atom. The van der Waals surface area contributed by atoms with Gasteiger partial charge in [0.1, 0.15) is 5.75 Å². The minimum atomic E-state index is 0.691. The summed E-state index contributed by atoms with van der Waals surface area (Å²) in [5.41, 5.74) is 1.13. The normalized spacial score (nSPS) is 14.0. The summed E-state index contributed by atoms with van der Waals surface area (Å²) in [5, 5.41) is 0. The zero-order valence-electron chi connectivity index (χ0n) is 5.37. The van der Waals surface area contributed by atoms with Crippen LogP contribution in [0.15, 0.2) is 29.3 Å². The number of para-hydroxylation sites is 1. The second-order valence-corrected chi connectivity index (χ2v) is 2.12. The minimum Gasteiger partial charge on any atom is -0.435 e. The molecular formula is C8H6NO. The summed E-state index contributed by atoms with van der Waals surface area (Å²) in [6, 6.07) is 7.82. The molecule has 10 heavy (non-hydrogen) atoms. The highest BCUT2D eigenvalue weighted by molar-refractivity contribution is 5.56. The highest BCUT2D eigenvalue weighted by Gasteiger charge is 2.04. The van der Waals surface area contributed by atoms with Crippen LogP contribution in [0.5, 0.6) is 5.75 Å². The maximum Gasteiger partial charge on any atom is 0.279 e. The molecule has 1 aromatic rings. The van der Waals surface area contributed by atoms with E-state index in [2.05, 4.69) is 11.4 Å². The van der Waals surface area contributed by atoms with Crippen LogP contribution in [0.2, 0.25) is 0 Å². The maximum absolute atomic E-state index is 5.01. The van der Waals surface area contributed by atoms with Crippen LogP contribution in [-0.4, -0.2) is 6.40 Å². The SMILES string of the molecule is [C]1=NCc2ccccc2O1. The highest BCUT2D eigenvalue weighted by Crippen LogP contribution is 2.20. The van der Waals surface area contributed by atoms with E-state index in [-0.39, 0.29) is 0 Å². The van der Waals surface area contributed by atoms with Gasteiger partial charge in [-0.1, -0.05) is 18.2 Å². The van der Waals surface area contributed by atoms with Gasteiger partial charge in [-0.15, -0.1) is 0 Å². The molecule has 0 spiro atoms. The number of ether oxygens (including phenoxy) is 1. The van der Waals surface area contributed by atoms with E-state index < -0.39 is 0 Å². The molecule has 1 aliphatic heterocycles. The van der Waals surface area contributed by atoms with Gasteiger partial charge < -0.3 is 4.74 Å². The Labute approximate surface area is 59.2 Å². The molecule has 2 rings (SSSR count). The third kappa shape index (κ3) is 0.778. The molecule has 1 aromatic carbocycles. The summed E-state index contributed by atoms with van der Waals surface area (Å²) in [6.45, 7) is 0.691. The number of aliphatic imine (C=N–C) groups is 1. The van der Waals surface area contributed by atoms with Crippen molar-refractivity contribution in [1.82, 2.24) is 0 Å². The summed E-state index contributed by atoms with van der Waals surface area (Å²) in [7, 11) is 0. The van der Waals surface area contributed by atoms with E-state index in [1.54, 1.807) is 0 Å². The number of fused-ring (bicyclic) bond motifs is 1. The Bertz CT molecular complexity index is 241. The zero-order chi connectivity index (χ0) is 6.81. The molecule has 0 bridgehead atoms. The summed E-state index contributed by atoms with van der Waals surface area (Å²) in [5.74, 6) is 0.873. The number of rotatable bonds is 0. The molecule has 0 saturated heterocycles. The predicted molar refractivity (Wildman–Crippen MR) is 38.2 cm³/mol. The molecule has 0 N–H and O–H groups in total. The summed E-state index contributed by atoms with van der Waals surface area (Å²) >= 11 is 0. The van der Waals surface area contributed by atoms with Gasteiger partial charge in [-0.2, -0.15) is 0 Å². The molecule has 1 aliphatic rings. The van der Waals surface area contributed by atoms with Crippen molar-refractivity contribution < 1.29 is 4.74 Å². The van der Waals surface area contributed by atoms with E-state index in [1.165, 1.54) is 0 Å². The lowest BCUT2D eigenvalue weighted by atomic mass is 10.2. The third-order valence-corrected chi connectivity index (χ3v) is 1.44. The molecule has 1 heterocycles. The fraction of sp³-hybridized carbons (Fsp3) is 0.125. The van der Waals surface area contributed by atoms with Crippen molar-refractivity contribution in [2.24, 2.45) is 4.99 Å². The fourth-order valence-electron chi connectivity index (χ4n) is 0.933. The van der Waals surface area contributed by atoms with Gasteiger partial charge >= 0.3 is 0 Å². The largest absolute Gasteiger partial charge is 0.435 e. The third-order valence-electron chi connectivity index (χ3n) is 1.44. The molecule has 0 fully saturated rings. The summed E-state index contributed by atoms with van der Waals surface area (Å²) in [4.78, 5) is 3.85. The average molecular weight is 132 g/mol. The van der Waals surface area contributed by atoms with E-state index in [0.29, 0.717) is 6.54 Å². The van der Waals surface area contributed by atoms with Crippen molar-refractivity contribution in [2.45, 2.75) is 6.54 Å². The second-order valence-electron chi connectivity index (χ2n) is 2.12. The quantitative estimate of drug-likeness (QED) is 0.524. The van der Waals surface area contributed by atoms with Gasteiger partial charge in [-0.3, -0.25) is 0 Å². The molecule has 2 heteroatoms. The number of hydrogen-bond donors (Lipinski definition) is 0. The molecule has 2 nitrogen and oxygen atoms in total. The van der Waals surface area contributed by atoms with Gasteiger partial charge in [-0.05, 0) is 6.07 Å². The standard InChI is InChI=1S/C8H6NO/c1-2-4-8-7(3-1)5-9-6-10-8/h1-4H,5H2. The maximum atomic E-state index is 5.01. The predicted octanol–water partition coefficient (Wildman–Crippen LogP) is 1.48. The van der Waals surface area contributed by atoms with Gasteiger partial charge in [0, 0.05) is 5.56 Å². The second kappa shape index (κ2) is 2.14. The van der Waals surface area contributed by atoms with Crippen molar-refractivity contribution in [2.75, 3.05) is 0 Å². The Morgan fingerprint density at radius 2 is 2.30 bits per heavy atom. The van der Waals surface area contributed by atoms with Gasteiger partial charge in [0.05, 0.1) is 6.54 Å². The molecule has 1 radical (unpaired) electrons. The minimum absolute atomic E-state index is 0.691. The van der Waals surface area contributed by atoms with Crippen molar-refractivity contribution in [3.05, 3.63) is 29.8 Å². The topological polar surface area (TPSA) is 21.6 Å². The Morgan fingerprint density at radius 1 is 1.40 bits per heavy atom. The summed E-state index contributed by atoms with van der Waals surface area (Å²) in [6.07, 6.45) is 2.47. The molecule has 49 valence electrons. The van der Waals surface area contributed by atoms with Crippen LogP contribution in [0.4, 0.5) is 0 Å². The highest BCUT2D eigenvalue weighted by atomic mass is 16.5. The lowest BCUT2D eigenvalue weighted by Crippen LogP contribution is -2.00. The van der Waals surface area contributed by atoms with Gasteiger partial charge in [0.25, 0.3) is 6.40 Å². The lowest BCUT2D eigenvalue weighted by molar-refractivity contribution is 0.546. The van der Waals surface area contributed by atoms with Crippen LogP contribution in [-0.2, 0) is 6.54 Å². The molecule has 0 amide bonds. The first-order valence-corrected chi connectivity index (χ1v) is 3.13. The monoisotopic (exact) mass is 132 g/mol. The smallest absolute Gasteiger partial charge is 0.279 e. The van der Waals surface area contributed by atoms with Gasteiger partial charge in [0.15, 0.2) is 0 Å². The van der Waals surface area contributed by atoms with Crippen LogP contribution in [0.25, 0.3) is 0 Å². The molecule has 0 aromatic heterocycles. The van der Waals surface area contributed by atoms with Crippen LogP contribution in [0.3, 0.4) is 0 Å². The number of benzene rings is 1. The van der Waals surface area contributed by atoms with E-state index >= 15 is 0 Å². The first-order valence-electron chi connectivity index (χ1n) is 3.13. The van der Waals surface area contributed by atoms with E-state index in [1.807, 2.05) is 24.3 Å². The van der Waals surface area contributed by atoms with Crippen molar-refractivity contribution in [3.63, 3.8) is 0 Å². The van der Waals surface area contributed by atoms with E-state index in [4.69, 9.17) is 4.74 Å². The first kappa shape index (κ1) is 5.47. The van der Waals surface area contributed by atoms with Crippen LogP contribution in [0, 0.1) is 0 Å².